The first kappa shape index (κ1) is 14.7. The summed E-state index contributed by atoms with van der Waals surface area (Å²) in [6, 6.07) is 6.39. The van der Waals surface area contributed by atoms with Crippen LogP contribution in [0.2, 0.25) is 0 Å². The van der Waals surface area contributed by atoms with Gasteiger partial charge in [0.15, 0.2) is 0 Å². The zero-order chi connectivity index (χ0) is 13.7. The van der Waals surface area contributed by atoms with Crippen molar-refractivity contribution in [2.24, 2.45) is 5.73 Å². The minimum Gasteiger partial charge on any atom is -0.345 e. The molecule has 0 bridgehead atoms. The van der Waals surface area contributed by atoms with Crippen molar-refractivity contribution in [2.75, 3.05) is 13.6 Å². The summed E-state index contributed by atoms with van der Waals surface area (Å²) in [5, 5.41) is 0. The van der Waals surface area contributed by atoms with Gasteiger partial charge in [-0.2, -0.15) is 0 Å². The van der Waals surface area contributed by atoms with Crippen LogP contribution >= 0.6 is 0 Å². The van der Waals surface area contributed by atoms with Crippen LogP contribution in [0, 0.1) is 13.8 Å². The van der Waals surface area contributed by atoms with Crippen LogP contribution in [0.3, 0.4) is 0 Å². The molecule has 3 heteroatoms. The van der Waals surface area contributed by atoms with Gasteiger partial charge in [0.2, 0.25) is 5.91 Å². The first-order valence-electron chi connectivity index (χ1n) is 6.46. The second-order valence-corrected chi connectivity index (χ2v) is 5.17. The van der Waals surface area contributed by atoms with Gasteiger partial charge in [0.1, 0.15) is 0 Å². The number of likely N-dealkylation sites (N-methyl/N-ethyl adjacent to an activating group) is 1. The standard InChI is InChI=1S/C15H24N2O/c1-11-5-6-14(9-12(11)2)7-8-17(4)15(18)10-13(3)16/h5-6,9,13H,7-8,10,16H2,1-4H3. The van der Waals surface area contributed by atoms with Gasteiger partial charge in [0.25, 0.3) is 0 Å². The van der Waals surface area contributed by atoms with Crippen molar-refractivity contribution in [3.63, 3.8) is 0 Å². The molecule has 0 saturated carbocycles. The largest absolute Gasteiger partial charge is 0.345 e. The van der Waals surface area contributed by atoms with E-state index in [0.29, 0.717) is 6.42 Å². The van der Waals surface area contributed by atoms with Crippen LogP contribution < -0.4 is 5.73 Å². The van der Waals surface area contributed by atoms with E-state index in [4.69, 9.17) is 5.73 Å². The quantitative estimate of drug-likeness (QED) is 0.866. The number of nitrogens with two attached hydrogens (primary N) is 1. The number of carbonyl (C=O) groups excluding carboxylic acids is 1. The number of aryl methyl sites for hydroxylation is 2. The van der Waals surface area contributed by atoms with Crippen molar-refractivity contribution < 1.29 is 4.79 Å². The van der Waals surface area contributed by atoms with Gasteiger partial charge in [0, 0.05) is 26.1 Å². The minimum absolute atomic E-state index is 0.0680. The van der Waals surface area contributed by atoms with Crippen molar-refractivity contribution in [1.82, 2.24) is 4.90 Å². The van der Waals surface area contributed by atoms with Gasteiger partial charge in [-0.15, -0.1) is 0 Å². The molecule has 100 valence electrons. The average Bonchev–Trinajstić information content (AvgIpc) is 2.29. The fraction of sp³-hybridized carbons (Fsp3) is 0.533. The normalized spacial score (nSPS) is 12.3. The van der Waals surface area contributed by atoms with Crippen molar-refractivity contribution in [1.29, 1.82) is 0 Å². The molecule has 0 saturated heterocycles. The summed E-state index contributed by atoms with van der Waals surface area (Å²) in [5.74, 6) is 0.119. The van der Waals surface area contributed by atoms with E-state index in [2.05, 4.69) is 32.0 Å². The van der Waals surface area contributed by atoms with E-state index in [0.717, 1.165) is 13.0 Å². The maximum atomic E-state index is 11.7. The zero-order valence-electron chi connectivity index (χ0n) is 11.9. The van der Waals surface area contributed by atoms with E-state index in [1.54, 1.807) is 4.90 Å². The highest BCUT2D eigenvalue weighted by atomic mass is 16.2. The molecule has 0 fully saturated rings. The van der Waals surface area contributed by atoms with Gasteiger partial charge in [-0.25, -0.2) is 0 Å². The zero-order valence-corrected chi connectivity index (χ0v) is 11.9. The van der Waals surface area contributed by atoms with E-state index < -0.39 is 0 Å². The number of amides is 1. The van der Waals surface area contributed by atoms with Crippen molar-refractivity contribution in [2.45, 2.75) is 39.7 Å². The van der Waals surface area contributed by atoms with Gasteiger partial charge in [-0.05, 0) is 43.9 Å². The topological polar surface area (TPSA) is 46.3 Å². The third-order valence-electron chi connectivity index (χ3n) is 3.23. The molecule has 1 unspecified atom stereocenters. The summed E-state index contributed by atoms with van der Waals surface area (Å²) < 4.78 is 0. The van der Waals surface area contributed by atoms with Crippen molar-refractivity contribution in [3.05, 3.63) is 34.9 Å². The van der Waals surface area contributed by atoms with E-state index in [-0.39, 0.29) is 11.9 Å². The summed E-state index contributed by atoms with van der Waals surface area (Å²) in [6.07, 6.45) is 1.31. The molecule has 2 N–H and O–H groups in total. The van der Waals surface area contributed by atoms with Crippen molar-refractivity contribution in [3.8, 4) is 0 Å². The summed E-state index contributed by atoms with van der Waals surface area (Å²) in [5.41, 5.74) is 9.51. The van der Waals surface area contributed by atoms with Crippen LogP contribution in [0.4, 0.5) is 0 Å². The Morgan fingerprint density at radius 1 is 1.33 bits per heavy atom. The van der Waals surface area contributed by atoms with Gasteiger partial charge >= 0.3 is 0 Å². The number of nitrogens with zero attached hydrogens (tertiary/aromatic N) is 1. The van der Waals surface area contributed by atoms with Crippen LogP contribution in [0.5, 0.6) is 0 Å². The molecule has 1 rings (SSSR count). The fourth-order valence-corrected chi connectivity index (χ4v) is 1.81. The number of carbonyl (C=O) groups is 1. The molecule has 0 aromatic heterocycles. The first-order chi connectivity index (χ1) is 8.40. The highest BCUT2D eigenvalue weighted by Gasteiger charge is 2.10. The lowest BCUT2D eigenvalue weighted by molar-refractivity contribution is -0.130. The van der Waals surface area contributed by atoms with Gasteiger partial charge < -0.3 is 10.6 Å². The summed E-state index contributed by atoms with van der Waals surface area (Å²) in [6.45, 7) is 6.82. The molecular formula is C15H24N2O. The number of hydrogen-bond donors (Lipinski definition) is 1. The Morgan fingerprint density at radius 2 is 2.00 bits per heavy atom. The van der Waals surface area contributed by atoms with Crippen LogP contribution in [-0.2, 0) is 11.2 Å². The highest BCUT2D eigenvalue weighted by molar-refractivity contribution is 5.76. The Kier molecular flexibility index (Phi) is 5.35. The molecular weight excluding hydrogens is 224 g/mol. The van der Waals surface area contributed by atoms with Crippen LogP contribution in [-0.4, -0.2) is 30.4 Å². The highest BCUT2D eigenvalue weighted by Crippen LogP contribution is 2.10. The van der Waals surface area contributed by atoms with E-state index >= 15 is 0 Å². The molecule has 1 aromatic carbocycles. The lowest BCUT2D eigenvalue weighted by Gasteiger charge is -2.18. The molecule has 1 atom stereocenters. The Balaban J connectivity index is 2.49. The van der Waals surface area contributed by atoms with Crippen LogP contribution in [0.15, 0.2) is 18.2 Å². The Morgan fingerprint density at radius 3 is 2.56 bits per heavy atom. The summed E-state index contributed by atoms with van der Waals surface area (Å²) >= 11 is 0. The number of benzene rings is 1. The Hall–Kier alpha value is -1.35. The average molecular weight is 248 g/mol. The van der Waals surface area contributed by atoms with Crippen LogP contribution in [0.25, 0.3) is 0 Å². The van der Waals surface area contributed by atoms with E-state index in [9.17, 15) is 4.79 Å². The third-order valence-corrected chi connectivity index (χ3v) is 3.23. The second-order valence-electron chi connectivity index (χ2n) is 5.17. The lowest BCUT2D eigenvalue weighted by Crippen LogP contribution is -2.33. The second kappa shape index (κ2) is 6.55. The predicted octanol–water partition coefficient (Wildman–Crippen LogP) is 2.04. The lowest BCUT2D eigenvalue weighted by atomic mass is 10.0. The molecule has 0 spiro atoms. The molecule has 0 aliphatic rings. The monoisotopic (exact) mass is 248 g/mol. The first-order valence-corrected chi connectivity index (χ1v) is 6.46. The molecule has 0 heterocycles. The fourth-order valence-electron chi connectivity index (χ4n) is 1.81. The number of rotatable bonds is 5. The minimum atomic E-state index is -0.0680. The molecule has 0 aliphatic heterocycles. The van der Waals surface area contributed by atoms with E-state index in [1.165, 1.54) is 16.7 Å². The molecule has 18 heavy (non-hydrogen) atoms. The molecule has 1 amide bonds. The predicted molar refractivity (Wildman–Crippen MR) is 75.5 cm³/mol. The maximum absolute atomic E-state index is 11.7. The maximum Gasteiger partial charge on any atom is 0.223 e. The summed E-state index contributed by atoms with van der Waals surface area (Å²) in [7, 11) is 1.84. The Labute approximate surface area is 110 Å². The van der Waals surface area contributed by atoms with Crippen molar-refractivity contribution >= 4 is 5.91 Å². The number of hydrogen-bond acceptors (Lipinski definition) is 2. The van der Waals surface area contributed by atoms with Crippen LogP contribution in [0.1, 0.15) is 30.0 Å². The van der Waals surface area contributed by atoms with Gasteiger partial charge in [-0.1, -0.05) is 18.2 Å². The van der Waals surface area contributed by atoms with Gasteiger partial charge in [0.05, 0.1) is 0 Å². The SMILES string of the molecule is Cc1ccc(CCN(C)C(=O)CC(C)N)cc1C. The smallest absolute Gasteiger partial charge is 0.223 e. The Bertz CT molecular complexity index is 413. The molecule has 3 nitrogen and oxygen atoms in total. The molecule has 1 aromatic rings. The molecule has 0 radical (unpaired) electrons. The van der Waals surface area contributed by atoms with Gasteiger partial charge in [-0.3, -0.25) is 4.79 Å². The summed E-state index contributed by atoms with van der Waals surface area (Å²) in [4.78, 5) is 13.5. The third kappa shape index (κ3) is 4.49. The molecule has 0 aliphatic carbocycles. The van der Waals surface area contributed by atoms with E-state index in [1.807, 2.05) is 14.0 Å².